The summed E-state index contributed by atoms with van der Waals surface area (Å²) in [5.74, 6) is -1.94. The minimum absolute atomic E-state index is 0.172. The average molecular weight is 393 g/mol. The van der Waals surface area contributed by atoms with Crippen LogP contribution in [0, 0.1) is 11.8 Å². The Balaban J connectivity index is 1.65. The summed E-state index contributed by atoms with van der Waals surface area (Å²) in [4.78, 5) is 42.4. The van der Waals surface area contributed by atoms with Crippen LogP contribution in [0.4, 0.5) is 0 Å². The molecule has 4 atom stereocenters. The highest BCUT2D eigenvalue weighted by Gasteiger charge is 2.63. The Kier molecular flexibility index (Phi) is 3.71. The van der Waals surface area contributed by atoms with Gasteiger partial charge >= 0.3 is 0 Å². The highest BCUT2D eigenvalue weighted by Crippen LogP contribution is 2.52. The van der Waals surface area contributed by atoms with Crippen LogP contribution in [0.15, 0.2) is 54.7 Å². The first-order valence-electron chi connectivity index (χ1n) is 9.15. The third kappa shape index (κ3) is 2.23. The second kappa shape index (κ2) is 6.04. The van der Waals surface area contributed by atoms with Crippen molar-refractivity contribution < 1.29 is 14.4 Å². The van der Waals surface area contributed by atoms with Gasteiger partial charge in [-0.1, -0.05) is 35.9 Å². The molecule has 2 saturated heterocycles. The van der Waals surface area contributed by atoms with Crippen LogP contribution in [0.25, 0.3) is 6.08 Å². The number of rotatable bonds is 2. The van der Waals surface area contributed by atoms with Gasteiger partial charge in [0.1, 0.15) is 6.04 Å². The van der Waals surface area contributed by atoms with Crippen molar-refractivity contribution in [2.24, 2.45) is 11.8 Å². The molecule has 2 aromatic rings. The molecule has 0 unspecified atom stereocenters. The van der Waals surface area contributed by atoms with E-state index in [2.05, 4.69) is 0 Å². The minimum atomic E-state index is -0.720. The summed E-state index contributed by atoms with van der Waals surface area (Å²) in [6.07, 6.45) is 3.79. The number of Topliss-reactive ketones (excluding diaryl/α,β-unsaturated/α-hetero) is 1. The van der Waals surface area contributed by atoms with Gasteiger partial charge < -0.3 is 4.90 Å². The highest BCUT2D eigenvalue weighted by atomic mass is 35.5. The second-order valence-electron chi connectivity index (χ2n) is 7.44. The van der Waals surface area contributed by atoms with Crippen molar-refractivity contribution in [2.45, 2.75) is 12.1 Å². The maximum Gasteiger partial charge on any atom is 0.235 e. The SMILES string of the molecule is CN1C(=O)[C@@H]2[C@H](C1=O)[C@H]1c3ccccc3C=CN1[C@@H]2C(=O)c1ccc(Cl)cc1. The van der Waals surface area contributed by atoms with E-state index in [1.807, 2.05) is 41.4 Å². The molecule has 2 aromatic carbocycles. The van der Waals surface area contributed by atoms with E-state index in [4.69, 9.17) is 11.6 Å². The molecule has 0 aliphatic carbocycles. The first kappa shape index (κ1) is 17.2. The summed E-state index contributed by atoms with van der Waals surface area (Å²) >= 11 is 5.96. The van der Waals surface area contributed by atoms with Crippen molar-refractivity contribution in [3.8, 4) is 0 Å². The van der Waals surface area contributed by atoms with E-state index in [1.54, 1.807) is 24.3 Å². The highest BCUT2D eigenvalue weighted by molar-refractivity contribution is 6.30. The molecule has 2 fully saturated rings. The molecule has 3 heterocycles. The number of imide groups is 1. The number of nitrogens with zero attached hydrogens (tertiary/aromatic N) is 2. The standard InChI is InChI=1S/C22H17ClN2O3/c1-24-21(27)16-17(22(24)28)19(20(26)13-6-8-14(23)9-7-13)25-11-10-12-4-2-3-5-15(12)18(16)25/h2-11,16-19H,1H3/t16-,17+,18+,19-/m0/s1. The van der Waals surface area contributed by atoms with E-state index in [0.717, 1.165) is 11.1 Å². The summed E-state index contributed by atoms with van der Waals surface area (Å²) < 4.78 is 0. The smallest absolute Gasteiger partial charge is 0.235 e. The van der Waals surface area contributed by atoms with Gasteiger partial charge in [0.25, 0.3) is 0 Å². The first-order chi connectivity index (χ1) is 13.5. The molecular weight excluding hydrogens is 376 g/mol. The molecule has 5 nitrogen and oxygen atoms in total. The molecule has 3 aliphatic heterocycles. The molecule has 3 aliphatic rings. The van der Waals surface area contributed by atoms with Gasteiger partial charge in [0.15, 0.2) is 5.78 Å². The lowest BCUT2D eigenvalue weighted by molar-refractivity contribution is -0.139. The summed E-state index contributed by atoms with van der Waals surface area (Å²) in [6, 6.07) is 13.4. The van der Waals surface area contributed by atoms with Crippen LogP contribution in [0.2, 0.25) is 5.02 Å². The van der Waals surface area contributed by atoms with E-state index < -0.39 is 17.9 Å². The lowest BCUT2D eigenvalue weighted by Gasteiger charge is -2.35. The van der Waals surface area contributed by atoms with Crippen molar-refractivity contribution in [1.82, 2.24) is 9.80 Å². The molecule has 140 valence electrons. The second-order valence-corrected chi connectivity index (χ2v) is 7.88. The Bertz CT molecular complexity index is 1050. The van der Waals surface area contributed by atoms with Crippen molar-refractivity contribution in [3.63, 3.8) is 0 Å². The number of benzene rings is 2. The fourth-order valence-corrected chi connectivity index (χ4v) is 4.92. The number of ketones is 1. The van der Waals surface area contributed by atoms with Crippen molar-refractivity contribution in [3.05, 3.63) is 76.4 Å². The molecule has 28 heavy (non-hydrogen) atoms. The van der Waals surface area contributed by atoms with Gasteiger partial charge in [-0.25, -0.2) is 0 Å². The topological polar surface area (TPSA) is 57.7 Å². The van der Waals surface area contributed by atoms with E-state index in [0.29, 0.717) is 10.6 Å². The monoisotopic (exact) mass is 392 g/mol. The normalized spacial score (nSPS) is 27.6. The van der Waals surface area contributed by atoms with E-state index >= 15 is 0 Å². The number of hydrogen-bond acceptors (Lipinski definition) is 4. The lowest BCUT2D eigenvalue weighted by atomic mass is 9.83. The van der Waals surface area contributed by atoms with Gasteiger partial charge in [0.05, 0.1) is 17.9 Å². The molecule has 0 saturated carbocycles. The molecule has 0 spiro atoms. The number of likely N-dealkylation sites (tertiary alicyclic amines) is 1. The van der Waals surface area contributed by atoms with Crippen molar-refractivity contribution >= 4 is 35.3 Å². The number of amides is 2. The quantitative estimate of drug-likeness (QED) is 0.582. The number of hydrogen-bond donors (Lipinski definition) is 0. The zero-order valence-electron chi connectivity index (χ0n) is 15.1. The molecule has 2 amide bonds. The molecule has 0 bridgehead atoms. The number of fused-ring (bicyclic) bond motifs is 5. The van der Waals surface area contributed by atoms with Crippen LogP contribution in [0.1, 0.15) is 27.5 Å². The molecular formula is C22H17ClN2O3. The predicted molar refractivity (Wildman–Crippen MR) is 104 cm³/mol. The van der Waals surface area contributed by atoms with Gasteiger partial charge in [-0.05, 0) is 41.5 Å². The lowest BCUT2D eigenvalue weighted by Crippen LogP contribution is -2.43. The molecule has 0 N–H and O–H groups in total. The third-order valence-electron chi connectivity index (χ3n) is 6.08. The van der Waals surface area contributed by atoms with Crippen molar-refractivity contribution in [1.29, 1.82) is 0 Å². The number of carbonyl (C=O) groups excluding carboxylic acids is 3. The maximum absolute atomic E-state index is 13.4. The Morgan fingerprint density at radius 1 is 0.964 bits per heavy atom. The van der Waals surface area contributed by atoms with Crippen molar-refractivity contribution in [2.75, 3.05) is 7.05 Å². The summed E-state index contributed by atoms with van der Waals surface area (Å²) in [5.41, 5.74) is 2.47. The van der Waals surface area contributed by atoms with E-state index in [-0.39, 0.29) is 23.6 Å². The minimum Gasteiger partial charge on any atom is -0.358 e. The zero-order valence-corrected chi connectivity index (χ0v) is 15.8. The fraction of sp³-hybridized carbons (Fsp3) is 0.227. The van der Waals surface area contributed by atoms with Crippen LogP contribution < -0.4 is 0 Å². The molecule has 5 rings (SSSR count). The summed E-state index contributed by atoms with van der Waals surface area (Å²) in [6.45, 7) is 0. The van der Waals surface area contributed by atoms with Crippen LogP contribution in [0.3, 0.4) is 0 Å². The molecule has 0 radical (unpaired) electrons. The third-order valence-corrected chi connectivity index (χ3v) is 6.33. The van der Waals surface area contributed by atoms with Gasteiger partial charge in [-0.2, -0.15) is 0 Å². The summed E-state index contributed by atoms with van der Waals surface area (Å²) in [7, 11) is 1.50. The van der Waals surface area contributed by atoms with Gasteiger partial charge in [-0.3, -0.25) is 19.3 Å². The largest absolute Gasteiger partial charge is 0.358 e. The van der Waals surface area contributed by atoms with Crippen LogP contribution in [-0.2, 0) is 9.59 Å². The van der Waals surface area contributed by atoms with Crippen LogP contribution in [0.5, 0.6) is 0 Å². The maximum atomic E-state index is 13.4. The Labute approximate surface area is 167 Å². The molecule has 6 heteroatoms. The number of carbonyl (C=O) groups is 3. The van der Waals surface area contributed by atoms with Crippen LogP contribution >= 0.6 is 11.6 Å². The van der Waals surface area contributed by atoms with E-state index in [9.17, 15) is 14.4 Å². The average Bonchev–Trinajstić information content (AvgIpc) is 3.17. The molecule has 0 aromatic heterocycles. The number of halogens is 1. The van der Waals surface area contributed by atoms with E-state index in [1.165, 1.54) is 11.9 Å². The Hall–Kier alpha value is -2.92. The Morgan fingerprint density at radius 2 is 1.64 bits per heavy atom. The summed E-state index contributed by atoms with van der Waals surface area (Å²) in [5, 5.41) is 0.539. The van der Waals surface area contributed by atoms with Gasteiger partial charge in [-0.15, -0.1) is 0 Å². The van der Waals surface area contributed by atoms with Gasteiger partial charge in [0.2, 0.25) is 11.8 Å². The first-order valence-corrected chi connectivity index (χ1v) is 9.52. The van der Waals surface area contributed by atoms with Gasteiger partial charge in [0, 0.05) is 23.8 Å². The Morgan fingerprint density at radius 3 is 2.39 bits per heavy atom. The predicted octanol–water partition coefficient (Wildman–Crippen LogP) is 3.16. The zero-order chi connectivity index (χ0) is 19.6. The fourth-order valence-electron chi connectivity index (χ4n) is 4.79. The van der Waals surface area contributed by atoms with Crippen LogP contribution in [-0.4, -0.2) is 40.5 Å².